The molecular formula is C26H26ClNO3. The fourth-order valence-corrected chi connectivity index (χ4v) is 4.47. The van der Waals surface area contributed by atoms with Crippen molar-refractivity contribution in [3.8, 4) is 5.75 Å². The second-order valence-corrected chi connectivity index (χ2v) is 8.53. The lowest BCUT2D eigenvalue weighted by molar-refractivity contribution is -0.137. The molecule has 0 saturated heterocycles. The normalized spacial score (nSPS) is 18.5. The van der Waals surface area contributed by atoms with E-state index in [0.29, 0.717) is 11.6 Å². The van der Waals surface area contributed by atoms with Gasteiger partial charge >= 0.3 is 5.97 Å². The Kier molecular flexibility index (Phi) is 6.19. The van der Waals surface area contributed by atoms with Crippen molar-refractivity contribution < 1.29 is 14.6 Å². The number of benzene rings is 3. The van der Waals surface area contributed by atoms with E-state index in [4.69, 9.17) is 16.3 Å². The number of carboxylic acids is 1. The van der Waals surface area contributed by atoms with E-state index in [9.17, 15) is 9.90 Å². The minimum Gasteiger partial charge on any atom is -0.486 e. The average molecular weight is 436 g/mol. The molecular weight excluding hydrogens is 410 g/mol. The highest BCUT2D eigenvalue weighted by Gasteiger charge is 2.37. The zero-order chi connectivity index (χ0) is 22.0. The highest BCUT2D eigenvalue weighted by molar-refractivity contribution is 6.30. The number of carbonyl (C=O) groups is 1. The van der Waals surface area contributed by atoms with Gasteiger partial charge in [0.25, 0.3) is 0 Å². The summed E-state index contributed by atoms with van der Waals surface area (Å²) < 4.78 is 6.20. The Hall–Kier alpha value is -2.98. The molecule has 1 N–H and O–H groups in total. The van der Waals surface area contributed by atoms with Crippen LogP contribution in [0.3, 0.4) is 0 Å². The van der Waals surface area contributed by atoms with Crippen LogP contribution in [0.1, 0.15) is 49.0 Å². The van der Waals surface area contributed by atoms with E-state index in [0.717, 1.165) is 28.1 Å². The molecule has 1 aliphatic heterocycles. The van der Waals surface area contributed by atoms with E-state index in [1.807, 2.05) is 73.7 Å². The number of ether oxygens (including phenoxy) is 1. The second-order valence-electron chi connectivity index (χ2n) is 8.09. The molecule has 4 nitrogen and oxygen atoms in total. The van der Waals surface area contributed by atoms with Gasteiger partial charge in [-0.25, -0.2) is 0 Å². The third-order valence-electron chi connectivity index (χ3n) is 6.02. The Morgan fingerprint density at radius 3 is 2.48 bits per heavy atom. The highest BCUT2D eigenvalue weighted by atomic mass is 35.5. The molecule has 3 unspecified atom stereocenters. The van der Waals surface area contributed by atoms with Crippen molar-refractivity contribution in [2.75, 3.05) is 4.90 Å². The molecule has 3 atom stereocenters. The summed E-state index contributed by atoms with van der Waals surface area (Å²) in [6.07, 6.45) is -0.00985. The van der Waals surface area contributed by atoms with E-state index < -0.39 is 5.97 Å². The van der Waals surface area contributed by atoms with Crippen LogP contribution in [0.15, 0.2) is 72.8 Å². The standard InChI is InChI=1S/C26H26ClNO3/c1-17-23(15-26(29)30)24-14-22(31-18(2)20-6-4-3-5-7-20)12-13-25(24)28(17)16-19-8-10-21(27)11-9-19/h3-14,17-18,23H,15-16H2,1-2H3,(H,29,30). The molecule has 0 saturated carbocycles. The molecule has 1 heterocycles. The van der Waals surface area contributed by atoms with Crippen LogP contribution in [0.5, 0.6) is 5.75 Å². The van der Waals surface area contributed by atoms with Crippen molar-refractivity contribution in [3.05, 3.63) is 94.5 Å². The van der Waals surface area contributed by atoms with E-state index >= 15 is 0 Å². The van der Waals surface area contributed by atoms with Gasteiger partial charge < -0.3 is 14.7 Å². The Morgan fingerprint density at radius 2 is 1.81 bits per heavy atom. The van der Waals surface area contributed by atoms with Crippen LogP contribution in [0.25, 0.3) is 0 Å². The summed E-state index contributed by atoms with van der Waals surface area (Å²) >= 11 is 6.03. The Bertz CT molecular complexity index is 1050. The summed E-state index contributed by atoms with van der Waals surface area (Å²) in [6.45, 7) is 4.81. The fourth-order valence-electron chi connectivity index (χ4n) is 4.34. The lowest BCUT2D eigenvalue weighted by Gasteiger charge is -2.27. The third-order valence-corrected chi connectivity index (χ3v) is 6.28. The molecule has 0 spiro atoms. The number of hydrogen-bond donors (Lipinski definition) is 1. The van der Waals surface area contributed by atoms with Gasteiger partial charge in [0.05, 0.1) is 6.42 Å². The van der Waals surface area contributed by atoms with Crippen LogP contribution >= 0.6 is 11.6 Å². The molecule has 1 aliphatic rings. The van der Waals surface area contributed by atoms with Gasteiger partial charge in [-0.3, -0.25) is 4.79 Å². The second kappa shape index (κ2) is 9.03. The van der Waals surface area contributed by atoms with Gasteiger partial charge in [-0.15, -0.1) is 0 Å². The summed E-state index contributed by atoms with van der Waals surface area (Å²) in [7, 11) is 0. The van der Waals surface area contributed by atoms with Crippen LogP contribution in [0.2, 0.25) is 5.02 Å². The van der Waals surface area contributed by atoms with Crippen molar-refractivity contribution in [1.82, 2.24) is 0 Å². The smallest absolute Gasteiger partial charge is 0.304 e. The van der Waals surface area contributed by atoms with Gasteiger partial charge in [0.15, 0.2) is 0 Å². The van der Waals surface area contributed by atoms with Crippen molar-refractivity contribution in [2.45, 2.75) is 44.9 Å². The highest BCUT2D eigenvalue weighted by Crippen LogP contribution is 2.45. The van der Waals surface area contributed by atoms with Gasteiger partial charge in [-0.1, -0.05) is 54.1 Å². The molecule has 160 valence electrons. The molecule has 0 bridgehead atoms. The SMILES string of the molecule is CC(Oc1ccc2c(c1)C(CC(=O)O)C(C)N2Cc1ccc(Cl)cc1)c1ccccc1. The number of anilines is 1. The molecule has 31 heavy (non-hydrogen) atoms. The van der Waals surface area contributed by atoms with E-state index in [1.54, 1.807) is 0 Å². The lowest BCUT2D eigenvalue weighted by atomic mass is 9.92. The minimum absolute atomic E-state index is 0.0589. The molecule has 0 aliphatic carbocycles. The van der Waals surface area contributed by atoms with Crippen LogP contribution in [0, 0.1) is 0 Å². The largest absolute Gasteiger partial charge is 0.486 e. The van der Waals surface area contributed by atoms with E-state index in [2.05, 4.69) is 17.9 Å². The zero-order valence-corrected chi connectivity index (χ0v) is 18.4. The number of hydrogen-bond acceptors (Lipinski definition) is 3. The summed E-state index contributed by atoms with van der Waals surface area (Å²) in [5, 5.41) is 10.2. The molecule has 3 aromatic rings. The molecule has 0 aromatic heterocycles. The van der Waals surface area contributed by atoms with E-state index in [1.165, 1.54) is 0 Å². The molecule has 0 amide bonds. The zero-order valence-electron chi connectivity index (χ0n) is 17.7. The van der Waals surface area contributed by atoms with Gasteiger partial charge in [0, 0.05) is 29.2 Å². The first-order chi connectivity index (χ1) is 14.9. The lowest BCUT2D eigenvalue weighted by Crippen LogP contribution is -2.31. The van der Waals surface area contributed by atoms with Crippen molar-refractivity contribution in [2.24, 2.45) is 0 Å². The quantitative estimate of drug-likeness (QED) is 0.463. The summed E-state index contributed by atoms with van der Waals surface area (Å²) in [5.41, 5.74) is 4.33. The number of nitrogens with zero attached hydrogens (tertiary/aromatic N) is 1. The number of carboxylic acid groups (broad SMARTS) is 1. The Balaban J connectivity index is 1.62. The molecule has 4 rings (SSSR count). The Morgan fingerprint density at radius 1 is 1.10 bits per heavy atom. The number of aliphatic carboxylic acids is 1. The van der Waals surface area contributed by atoms with Crippen molar-refractivity contribution >= 4 is 23.3 Å². The predicted octanol–water partition coefficient (Wildman–Crippen LogP) is 6.45. The molecule has 5 heteroatoms. The first-order valence-corrected chi connectivity index (χ1v) is 10.9. The fraction of sp³-hybridized carbons (Fsp3) is 0.269. The van der Waals surface area contributed by atoms with E-state index in [-0.39, 0.29) is 24.5 Å². The maximum atomic E-state index is 11.6. The maximum absolute atomic E-state index is 11.6. The minimum atomic E-state index is -0.792. The summed E-state index contributed by atoms with van der Waals surface area (Å²) in [6, 6.07) is 24.0. The van der Waals surface area contributed by atoms with Crippen LogP contribution in [-0.2, 0) is 11.3 Å². The van der Waals surface area contributed by atoms with Crippen LogP contribution in [-0.4, -0.2) is 17.1 Å². The first kappa shape index (κ1) is 21.3. The maximum Gasteiger partial charge on any atom is 0.304 e. The monoisotopic (exact) mass is 435 g/mol. The summed E-state index contributed by atoms with van der Waals surface area (Å²) in [5.74, 6) is -0.137. The van der Waals surface area contributed by atoms with Gasteiger partial charge in [0.2, 0.25) is 0 Å². The average Bonchev–Trinajstić information content (AvgIpc) is 3.01. The van der Waals surface area contributed by atoms with Gasteiger partial charge in [-0.05, 0) is 60.9 Å². The van der Waals surface area contributed by atoms with Gasteiger partial charge in [-0.2, -0.15) is 0 Å². The third kappa shape index (κ3) is 4.70. The number of fused-ring (bicyclic) bond motifs is 1. The van der Waals surface area contributed by atoms with Crippen LogP contribution < -0.4 is 9.64 Å². The molecule has 0 fully saturated rings. The molecule has 0 radical (unpaired) electrons. The van der Waals surface area contributed by atoms with Crippen LogP contribution in [0.4, 0.5) is 5.69 Å². The van der Waals surface area contributed by atoms with Gasteiger partial charge in [0.1, 0.15) is 11.9 Å². The van der Waals surface area contributed by atoms with Crippen molar-refractivity contribution in [1.29, 1.82) is 0 Å². The summed E-state index contributed by atoms with van der Waals surface area (Å²) in [4.78, 5) is 13.9. The molecule has 3 aromatic carbocycles. The first-order valence-electron chi connectivity index (χ1n) is 10.5. The van der Waals surface area contributed by atoms with Crippen molar-refractivity contribution in [3.63, 3.8) is 0 Å². The number of rotatable bonds is 7. The topological polar surface area (TPSA) is 49.8 Å². The number of halogens is 1. The predicted molar refractivity (Wildman–Crippen MR) is 124 cm³/mol. The Labute approximate surface area is 188 Å².